The number of thioether (sulfide) groups is 1. The van der Waals surface area contributed by atoms with Gasteiger partial charge in [0.15, 0.2) is 0 Å². The highest BCUT2D eigenvalue weighted by atomic mass is 35.5. The van der Waals surface area contributed by atoms with Gasteiger partial charge in [-0.2, -0.15) is 0 Å². The zero-order valence-electron chi connectivity index (χ0n) is 16.1. The van der Waals surface area contributed by atoms with Crippen molar-refractivity contribution in [3.05, 3.63) is 40.4 Å². The molecule has 2 aromatic rings. The Morgan fingerprint density at radius 3 is 2.73 bits per heavy atom. The van der Waals surface area contributed by atoms with Crippen LogP contribution in [-0.2, 0) is 9.59 Å². The van der Waals surface area contributed by atoms with Gasteiger partial charge in [0.25, 0.3) is 5.91 Å². The van der Waals surface area contributed by atoms with Gasteiger partial charge in [-0.15, -0.1) is 11.8 Å². The smallest absolute Gasteiger partial charge is 0.327 e. The maximum absolute atomic E-state index is 14.4. The number of benzene rings is 1. The number of aliphatic carboxylic acids is 1. The van der Waals surface area contributed by atoms with E-state index in [4.69, 9.17) is 16.1 Å². The number of hydrogen-bond acceptors (Lipinski definition) is 6. The lowest BCUT2D eigenvalue weighted by atomic mass is 9.95. The zero-order valence-corrected chi connectivity index (χ0v) is 17.7. The van der Waals surface area contributed by atoms with Gasteiger partial charge in [-0.25, -0.2) is 9.18 Å². The quantitative estimate of drug-likeness (QED) is 0.684. The van der Waals surface area contributed by atoms with Crippen LogP contribution in [0.25, 0.3) is 11.3 Å². The lowest BCUT2D eigenvalue weighted by molar-refractivity contribution is -0.159. The van der Waals surface area contributed by atoms with Gasteiger partial charge in [0, 0.05) is 4.75 Å². The Hall–Kier alpha value is -2.59. The van der Waals surface area contributed by atoms with Gasteiger partial charge in [0.1, 0.15) is 40.3 Å². The van der Waals surface area contributed by atoms with Crippen molar-refractivity contribution >= 4 is 41.1 Å². The molecule has 1 aromatic heterocycles. The van der Waals surface area contributed by atoms with Crippen LogP contribution in [0.5, 0.6) is 0 Å². The topological polar surface area (TPSA) is 113 Å². The lowest BCUT2D eigenvalue weighted by Crippen LogP contribution is -2.70. The first kappa shape index (κ1) is 20.7. The molecule has 0 aliphatic carbocycles. The van der Waals surface area contributed by atoms with Crippen LogP contribution in [0.1, 0.15) is 30.0 Å². The number of carboxylic acids is 1. The van der Waals surface area contributed by atoms with Crippen molar-refractivity contribution in [2.45, 2.75) is 43.0 Å². The van der Waals surface area contributed by atoms with E-state index in [0.717, 1.165) is 0 Å². The van der Waals surface area contributed by atoms with Gasteiger partial charge in [-0.3, -0.25) is 9.59 Å². The van der Waals surface area contributed by atoms with E-state index in [9.17, 15) is 23.9 Å². The second-order valence-electron chi connectivity index (χ2n) is 7.61. The molecule has 2 aliphatic heterocycles. The third kappa shape index (κ3) is 2.97. The van der Waals surface area contributed by atoms with E-state index in [0.29, 0.717) is 0 Å². The molecule has 1 aromatic carbocycles. The van der Waals surface area contributed by atoms with Crippen LogP contribution >= 0.6 is 23.4 Å². The second kappa shape index (κ2) is 6.98. The number of amides is 2. The average molecular weight is 454 g/mol. The van der Waals surface area contributed by atoms with Crippen LogP contribution in [0.4, 0.5) is 4.39 Å². The van der Waals surface area contributed by atoms with Gasteiger partial charge in [0.2, 0.25) is 5.91 Å². The molecular formula is C19H17ClFN3O5S. The molecule has 0 radical (unpaired) electrons. The molecule has 8 nitrogen and oxygen atoms in total. The minimum atomic E-state index is -1.10. The van der Waals surface area contributed by atoms with Crippen LogP contribution in [0.15, 0.2) is 22.7 Å². The number of nitrogens with zero attached hydrogens (tertiary/aromatic N) is 2. The SMILES string of the molecule is Cc1onc(-c2c(F)cccc2Cl)c1C(=O)N[C@@H]1C(=O)N2C(C(=O)O)C(C)(C)S[C@@H]12. The Balaban J connectivity index is 1.62. The molecule has 11 heteroatoms. The lowest BCUT2D eigenvalue weighted by Gasteiger charge is -2.43. The summed E-state index contributed by atoms with van der Waals surface area (Å²) in [6.45, 7) is 4.97. The maximum Gasteiger partial charge on any atom is 0.327 e. The number of rotatable bonds is 4. The Kier molecular flexibility index (Phi) is 4.81. The van der Waals surface area contributed by atoms with Gasteiger partial charge < -0.3 is 19.8 Å². The molecule has 2 saturated heterocycles. The van der Waals surface area contributed by atoms with E-state index in [-0.39, 0.29) is 27.6 Å². The number of hydrogen-bond donors (Lipinski definition) is 2. The van der Waals surface area contributed by atoms with Crippen molar-refractivity contribution in [1.29, 1.82) is 0 Å². The molecule has 158 valence electrons. The number of β-lactam (4-membered cyclic amide) rings is 1. The zero-order chi connectivity index (χ0) is 22.0. The van der Waals surface area contributed by atoms with E-state index in [1.807, 2.05) is 0 Å². The molecule has 4 rings (SSSR count). The maximum atomic E-state index is 14.4. The number of aromatic nitrogens is 1. The summed E-state index contributed by atoms with van der Waals surface area (Å²) < 4.78 is 18.7. The average Bonchev–Trinajstić information content (AvgIpc) is 3.14. The number of carbonyl (C=O) groups is 3. The van der Waals surface area contributed by atoms with Crippen molar-refractivity contribution in [1.82, 2.24) is 15.4 Å². The van der Waals surface area contributed by atoms with Gasteiger partial charge >= 0.3 is 5.97 Å². The van der Waals surface area contributed by atoms with Crippen molar-refractivity contribution in [3.8, 4) is 11.3 Å². The van der Waals surface area contributed by atoms with E-state index in [2.05, 4.69) is 10.5 Å². The molecule has 2 amide bonds. The van der Waals surface area contributed by atoms with Crippen LogP contribution in [-0.4, -0.2) is 55.2 Å². The Bertz CT molecular complexity index is 1070. The number of carboxylic acid groups (broad SMARTS) is 1. The molecule has 0 saturated carbocycles. The first-order valence-corrected chi connectivity index (χ1v) is 10.2. The summed E-state index contributed by atoms with van der Waals surface area (Å²) in [6.07, 6.45) is 0. The second-order valence-corrected chi connectivity index (χ2v) is 9.79. The minimum Gasteiger partial charge on any atom is -0.480 e. The normalized spacial score (nSPS) is 24.4. The number of halogens is 2. The Morgan fingerprint density at radius 2 is 2.10 bits per heavy atom. The summed E-state index contributed by atoms with van der Waals surface area (Å²) >= 11 is 7.40. The molecule has 2 aliphatic rings. The fourth-order valence-corrected chi connectivity index (χ4v) is 5.77. The molecular weight excluding hydrogens is 437 g/mol. The molecule has 0 spiro atoms. The van der Waals surface area contributed by atoms with Crippen molar-refractivity contribution < 1.29 is 28.4 Å². The summed E-state index contributed by atoms with van der Waals surface area (Å²) in [4.78, 5) is 38.5. The standard InChI is InChI=1S/C19H17ClFN3O5S/c1-7-10(12(23-29-7)11-8(20)5-4-6-9(11)21)15(25)22-13-16(26)24-14(18(27)28)19(2,3)30-17(13)24/h4-6,13-14,17H,1-3H3,(H,22,25)(H,27,28)/t13-,14?,17+/m1/s1. The van der Waals surface area contributed by atoms with Crippen LogP contribution in [0, 0.1) is 12.7 Å². The molecule has 0 bridgehead atoms. The number of carbonyl (C=O) groups excluding carboxylic acids is 2. The molecule has 3 heterocycles. The number of aryl methyl sites for hydroxylation is 1. The molecule has 3 atom stereocenters. The summed E-state index contributed by atoms with van der Waals surface area (Å²) in [5.41, 5.74) is -0.185. The summed E-state index contributed by atoms with van der Waals surface area (Å²) in [5, 5.41) is 15.4. The van der Waals surface area contributed by atoms with Crippen LogP contribution in [0.2, 0.25) is 5.02 Å². The fraction of sp³-hybridized carbons (Fsp3) is 0.368. The molecule has 2 fully saturated rings. The van der Waals surface area contributed by atoms with Crippen LogP contribution < -0.4 is 5.32 Å². The van der Waals surface area contributed by atoms with E-state index in [1.165, 1.54) is 41.8 Å². The minimum absolute atomic E-state index is 0.0368. The van der Waals surface area contributed by atoms with Gasteiger partial charge in [0.05, 0.1) is 10.6 Å². The Labute approximate surface area is 179 Å². The van der Waals surface area contributed by atoms with E-state index in [1.54, 1.807) is 13.8 Å². The summed E-state index contributed by atoms with van der Waals surface area (Å²) in [6, 6.07) is 2.17. The highest BCUT2D eigenvalue weighted by Gasteiger charge is 2.64. The summed E-state index contributed by atoms with van der Waals surface area (Å²) in [7, 11) is 0. The largest absolute Gasteiger partial charge is 0.480 e. The van der Waals surface area contributed by atoms with Crippen molar-refractivity contribution in [2.24, 2.45) is 0 Å². The van der Waals surface area contributed by atoms with E-state index < -0.39 is 45.8 Å². The third-order valence-corrected chi connectivity index (χ3v) is 7.14. The van der Waals surface area contributed by atoms with Crippen molar-refractivity contribution in [3.63, 3.8) is 0 Å². The highest BCUT2D eigenvalue weighted by Crippen LogP contribution is 2.50. The predicted molar refractivity (Wildman–Crippen MR) is 107 cm³/mol. The predicted octanol–water partition coefficient (Wildman–Crippen LogP) is 2.69. The Morgan fingerprint density at radius 1 is 1.40 bits per heavy atom. The summed E-state index contributed by atoms with van der Waals surface area (Å²) in [5.74, 6) is -2.81. The molecule has 2 N–H and O–H groups in total. The number of nitrogens with one attached hydrogen (secondary N) is 1. The van der Waals surface area contributed by atoms with Crippen molar-refractivity contribution in [2.75, 3.05) is 0 Å². The monoisotopic (exact) mass is 453 g/mol. The third-order valence-electron chi connectivity index (χ3n) is 5.25. The van der Waals surface area contributed by atoms with Gasteiger partial charge in [-0.1, -0.05) is 22.8 Å². The number of fused-ring (bicyclic) bond motifs is 1. The first-order valence-electron chi connectivity index (χ1n) is 8.99. The van der Waals surface area contributed by atoms with E-state index >= 15 is 0 Å². The van der Waals surface area contributed by atoms with Crippen LogP contribution in [0.3, 0.4) is 0 Å². The highest BCUT2D eigenvalue weighted by molar-refractivity contribution is 8.01. The van der Waals surface area contributed by atoms with Gasteiger partial charge in [-0.05, 0) is 32.9 Å². The molecule has 1 unspecified atom stereocenters. The first-order chi connectivity index (χ1) is 14.0. The fourth-order valence-electron chi connectivity index (χ4n) is 3.89. The molecule has 30 heavy (non-hydrogen) atoms.